The standard InChI is InChI=1S/C15H19N3O2S2/c19-12(16-10-5-6-10)4-2-1-3-8-18-14(20)13-11(7-9-22-13)17-15(18)21/h7,9-10H,1-6,8H2,(H,16,19)(H,17,21). The summed E-state index contributed by atoms with van der Waals surface area (Å²) in [4.78, 5) is 27.0. The first-order valence-electron chi connectivity index (χ1n) is 7.65. The van der Waals surface area contributed by atoms with E-state index in [1.807, 2.05) is 11.4 Å². The molecule has 7 heteroatoms. The third-order valence-electron chi connectivity index (χ3n) is 3.82. The second kappa shape index (κ2) is 6.75. The van der Waals surface area contributed by atoms with Gasteiger partial charge in [0.2, 0.25) is 5.91 Å². The van der Waals surface area contributed by atoms with Crippen LogP contribution in [0.1, 0.15) is 38.5 Å². The number of unbranched alkanes of at least 4 members (excludes halogenated alkanes) is 2. The zero-order valence-corrected chi connectivity index (χ0v) is 13.9. The van der Waals surface area contributed by atoms with E-state index in [4.69, 9.17) is 12.2 Å². The van der Waals surface area contributed by atoms with Crippen molar-refractivity contribution >= 4 is 39.7 Å². The van der Waals surface area contributed by atoms with E-state index in [0.717, 1.165) is 42.3 Å². The van der Waals surface area contributed by atoms with Crippen LogP contribution in [0.4, 0.5) is 0 Å². The molecule has 1 amide bonds. The van der Waals surface area contributed by atoms with Gasteiger partial charge < -0.3 is 10.3 Å². The lowest BCUT2D eigenvalue weighted by Gasteiger charge is -2.06. The normalized spacial score (nSPS) is 14.4. The number of aromatic amines is 1. The van der Waals surface area contributed by atoms with Crippen molar-refractivity contribution in [1.82, 2.24) is 14.9 Å². The average Bonchev–Trinajstić information content (AvgIpc) is 3.16. The molecule has 5 nitrogen and oxygen atoms in total. The molecule has 1 aliphatic carbocycles. The summed E-state index contributed by atoms with van der Waals surface area (Å²) >= 11 is 6.69. The number of hydrogen-bond donors (Lipinski definition) is 2. The number of fused-ring (bicyclic) bond motifs is 1. The number of hydrogen-bond acceptors (Lipinski definition) is 4. The molecule has 0 saturated heterocycles. The van der Waals surface area contributed by atoms with E-state index in [1.54, 1.807) is 4.57 Å². The molecule has 1 saturated carbocycles. The molecule has 2 N–H and O–H groups in total. The van der Waals surface area contributed by atoms with Crippen molar-refractivity contribution in [1.29, 1.82) is 0 Å². The summed E-state index contributed by atoms with van der Waals surface area (Å²) < 4.78 is 2.82. The van der Waals surface area contributed by atoms with Gasteiger partial charge in [-0.15, -0.1) is 11.3 Å². The van der Waals surface area contributed by atoms with Gasteiger partial charge in [-0.05, 0) is 49.3 Å². The Morgan fingerprint density at radius 3 is 3.00 bits per heavy atom. The van der Waals surface area contributed by atoms with Gasteiger partial charge in [-0.2, -0.15) is 0 Å². The first-order valence-corrected chi connectivity index (χ1v) is 8.93. The molecule has 1 aliphatic rings. The molecule has 118 valence electrons. The molecule has 1 fully saturated rings. The highest BCUT2D eigenvalue weighted by molar-refractivity contribution is 7.71. The molecule has 0 spiro atoms. The first kappa shape index (κ1) is 15.4. The van der Waals surface area contributed by atoms with Crippen molar-refractivity contribution in [3.63, 3.8) is 0 Å². The molecule has 0 bridgehead atoms. The van der Waals surface area contributed by atoms with Crippen LogP contribution in [0.25, 0.3) is 10.2 Å². The quantitative estimate of drug-likeness (QED) is 0.603. The van der Waals surface area contributed by atoms with Gasteiger partial charge >= 0.3 is 0 Å². The first-order chi connectivity index (χ1) is 10.6. The Bertz CT molecular complexity index is 786. The summed E-state index contributed by atoms with van der Waals surface area (Å²) in [6, 6.07) is 2.31. The van der Waals surface area contributed by atoms with Gasteiger partial charge in [0, 0.05) is 19.0 Å². The lowest BCUT2D eigenvalue weighted by molar-refractivity contribution is -0.121. The van der Waals surface area contributed by atoms with Crippen LogP contribution in [0.5, 0.6) is 0 Å². The molecular weight excluding hydrogens is 318 g/mol. The van der Waals surface area contributed by atoms with Gasteiger partial charge in [0.05, 0.1) is 5.52 Å². The van der Waals surface area contributed by atoms with Crippen LogP contribution in [0.2, 0.25) is 0 Å². The van der Waals surface area contributed by atoms with Gasteiger partial charge in [-0.25, -0.2) is 0 Å². The second-order valence-electron chi connectivity index (χ2n) is 5.70. The maximum atomic E-state index is 12.3. The van der Waals surface area contributed by atoms with E-state index in [9.17, 15) is 9.59 Å². The maximum absolute atomic E-state index is 12.3. The summed E-state index contributed by atoms with van der Waals surface area (Å²) in [5.74, 6) is 0.150. The average molecular weight is 337 g/mol. The van der Waals surface area contributed by atoms with Crippen molar-refractivity contribution in [2.45, 2.75) is 51.1 Å². The fourth-order valence-corrected chi connectivity index (χ4v) is 3.52. The Kier molecular flexibility index (Phi) is 4.73. The van der Waals surface area contributed by atoms with E-state index in [1.165, 1.54) is 11.3 Å². The summed E-state index contributed by atoms with van der Waals surface area (Å²) in [6.45, 7) is 0.603. The molecule has 2 aromatic heterocycles. The van der Waals surface area contributed by atoms with E-state index in [-0.39, 0.29) is 11.5 Å². The number of aromatic nitrogens is 2. The van der Waals surface area contributed by atoms with Crippen molar-refractivity contribution in [2.24, 2.45) is 0 Å². The molecule has 2 heterocycles. The maximum Gasteiger partial charge on any atom is 0.272 e. The van der Waals surface area contributed by atoms with Gasteiger partial charge in [-0.3, -0.25) is 14.2 Å². The Morgan fingerprint density at radius 1 is 1.41 bits per heavy atom. The molecule has 0 unspecified atom stereocenters. The third-order valence-corrected chi connectivity index (χ3v) is 5.04. The molecule has 0 aromatic carbocycles. The third kappa shape index (κ3) is 3.64. The summed E-state index contributed by atoms with van der Waals surface area (Å²) in [5.41, 5.74) is 0.799. The van der Waals surface area contributed by atoms with Crippen molar-refractivity contribution in [2.75, 3.05) is 0 Å². The lowest BCUT2D eigenvalue weighted by atomic mass is 10.2. The predicted octanol–water partition coefficient (Wildman–Crippen LogP) is 2.96. The van der Waals surface area contributed by atoms with Crippen LogP contribution in [0.15, 0.2) is 16.2 Å². The van der Waals surface area contributed by atoms with Crippen LogP contribution in [0, 0.1) is 4.77 Å². The van der Waals surface area contributed by atoms with Crippen LogP contribution in [-0.2, 0) is 11.3 Å². The summed E-state index contributed by atoms with van der Waals surface area (Å²) in [6.07, 6.45) is 5.44. The van der Waals surface area contributed by atoms with Crippen molar-refractivity contribution in [3.05, 3.63) is 26.6 Å². The minimum Gasteiger partial charge on any atom is -0.353 e. The van der Waals surface area contributed by atoms with E-state index >= 15 is 0 Å². The van der Waals surface area contributed by atoms with Gasteiger partial charge in [-0.1, -0.05) is 6.42 Å². The Hall–Kier alpha value is -1.47. The number of H-pyrrole nitrogens is 1. The number of thiophene rings is 1. The Balaban J connectivity index is 1.50. The second-order valence-corrected chi connectivity index (χ2v) is 7.01. The summed E-state index contributed by atoms with van der Waals surface area (Å²) in [7, 11) is 0. The van der Waals surface area contributed by atoms with Crippen LogP contribution in [0.3, 0.4) is 0 Å². The van der Waals surface area contributed by atoms with Gasteiger partial charge in [0.1, 0.15) is 4.70 Å². The van der Waals surface area contributed by atoms with Crippen LogP contribution >= 0.6 is 23.6 Å². The topological polar surface area (TPSA) is 66.9 Å². The van der Waals surface area contributed by atoms with E-state index < -0.39 is 0 Å². The number of rotatable bonds is 7. The fraction of sp³-hybridized carbons (Fsp3) is 0.533. The molecule has 2 aromatic rings. The van der Waals surface area contributed by atoms with Gasteiger partial charge in [0.15, 0.2) is 4.77 Å². The number of nitrogens with one attached hydrogen (secondary N) is 2. The van der Waals surface area contributed by atoms with E-state index in [0.29, 0.717) is 23.8 Å². The van der Waals surface area contributed by atoms with E-state index in [2.05, 4.69) is 10.3 Å². The molecule has 0 aliphatic heterocycles. The van der Waals surface area contributed by atoms with Crippen molar-refractivity contribution in [3.8, 4) is 0 Å². The van der Waals surface area contributed by atoms with Gasteiger partial charge in [0.25, 0.3) is 5.56 Å². The molecule has 22 heavy (non-hydrogen) atoms. The predicted molar refractivity (Wildman–Crippen MR) is 90.9 cm³/mol. The number of nitrogens with zero attached hydrogens (tertiary/aromatic N) is 1. The minimum atomic E-state index is -0.0137. The zero-order valence-electron chi connectivity index (χ0n) is 12.3. The number of carbonyl (C=O) groups is 1. The zero-order chi connectivity index (χ0) is 15.5. The Morgan fingerprint density at radius 2 is 2.23 bits per heavy atom. The molecule has 0 atom stereocenters. The van der Waals surface area contributed by atoms with Crippen molar-refractivity contribution < 1.29 is 4.79 Å². The molecular formula is C15H19N3O2S2. The smallest absolute Gasteiger partial charge is 0.272 e. The Labute approximate surface area is 137 Å². The number of carbonyl (C=O) groups excluding carboxylic acids is 1. The van der Waals surface area contributed by atoms with Crippen LogP contribution in [-0.4, -0.2) is 21.5 Å². The highest BCUT2D eigenvalue weighted by atomic mass is 32.1. The molecule has 3 rings (SSSR count). The lowest BCUT2D eigenvalue weighted by Crippen LogP contribution is -2.25. The molecule has 0 radical (unpaired) electrons. The minimum absolute atomic E-state index is 0.0137. The SMILES string of the molecule is O=C(CCCCCn1c(=S)[nH]c2ccsc2c1=O)NC1CC1. The highest BCUT2D eigenvalue weighted by Crippen LogP contribution is 2.19. The fourth-order valence-electron chi connectivity index (χ4n) is 2.43. The highest BCUT2D eigenvalue weighted by Gasteiger charge is 2.22. The summed E-state index contributed by atoms with van der Waals surface area (Å²) in [5, 5.41) is 4.87. The number of amides is 1. The largest absolute Gasteiger partial charge is 0.353 e. The van der Waals surface area contributed by atoms with Crippen LogP contribution < -0.4 is 10.9 Å². The monoisotopic (exact) mass is 337 g/mol.